The van der Waals surface area contributed by atoms with Crippen molar-refractivity contribution in [3.63, 3.8) is 0 Å². The second-order valence-electron chi connectivity index (χ2n) is 8.20. The van der Waals surface area contributed by atoms with Crippen molar-refractivity contribution >= 4 is 46.7 Å². The van der Waals surface area contributed by atoms with Gasteiger partial charge in [-0.3, -0.25) is 9.36 Å². The van der Waals surface area contributed by atoms with Crippen LogP contribution in [0.2, 0.25) is 5.02 Å². The van der Waals surface area contributed by atoms with E-state index in [2.05, 4.69) is 4.99 Å². The van der Waals surface area contributed by atoms with Gasteiger partial charge in [0.1, 0.15) is 5.75 Å². The lowest BCUT2D eigenvalue weighted by Crippen LogP contribution is -2.40. The lowest BCUT2D eigenvalue weighted by molar-refractivity contribution is -0.143. The summed E-state index contributed by atoms with van der Waals surface area (Å²) in [6.45, 7) is 5.37. The summed E-state index contributed by atoms with van der Waals surface area (Å²) in [7, 11) is 1.57. The number of esters is 1. The van der Waals surface area contributed by atoms with E-state index in [0.29, 0.717) is 36.9 Å². The van der Waals surface area contributed by atoms with Gasteiger partial charge in [-0.1, -0.05) is 35.1 Å². The van der Waals surface area contributed by atoms with Crippen molar-refractivity contribution in [3.05, 3.63) is 89.6 Å². The zero-order chi connectivity index (χ0) is 25.3. The summed E-state index contributed by atoms with van der Waals surface area (Å²) in [4.78, 5) is 33.1. The first-order chi connectivity index (χ1) is 16.7. The molecule has 9 heteroatoms. The van der Waals surface area contributed by atoms with Gasteiger partial charge in [-0.2, -0.15) is 0 Å². The van der Waals surface area contributed by atoms with Crippen LogP contribution in [0.15, 0.2) is 68.4 Å². The van der Waals surface area contributed by atoms with Crippen molar-refractivity contribution in [2.45, 2.75) is 37.8 Å². The maximum Gasteiger partial charge on any atom is 0.338 e. The molecule has 35 heavy (non-hydrogen) atoms. The minimum absolute atomic E-state index is 0.253. The van der Waals surface area contributed by atoms with Crippen LogP contribution in [0.5, 0.6) is 5.75 Å². The molecule has 0 saturated heterocycles. The Morgan fingerprint density at radius 2 is 1.94 bits per heavy atom. The van der Waals surface area contributed by atoms with E-state index in [9.17, 15) is 9.59 Å². The van der Waals surface area contributed by atoms with Crippen molar-refractivity contribution in [1.29, 1.82) is 0 Å². The summed E-state index contributed by atoms with van der Waals surface area (Å²) < 4.78 is 13.0. The molecule has 182 valence electrons. The SMILES string of the molecule is COc1ccc(Cl)cc1/C=c1\sc2n(c1=O)[C@H](c1ccc(SC)cc1)C(C(=O)OC(C)C)=C(C)N=2. The number of allylic oxidation sites excluding steroid dienone is 1. The van der Waals surface area contributed by atoms with Crippen molar-refractivity contribution < 1.29 is 14.3 Å². The summed E-state index contributed by atoms with van der Waals surface area (Å²) in [5.74, 6) is 0.118. The number of fused-ring (bicyclic) bond motifs is 1. The second kappa shape index (κ2) is 10.4. The largest absolute Gasteiger partial charge is 0.496 e. The molecule has 1 aromatic heterocycles. The molecule has 0 amide bonds. The molecule has 2 heterocycles. The highest BCUT2D eigenvalue weighted by Crippen LogP contribution is 2.32. The third-order valence-electron chi connectivity index (χ3n) is 5.49. The van der Waals surface area contributed by atoms with Crippen molar-refractivity contribution in [3.8, 4) is 5.75 Å². The predicted molar refractivity (Wildman–Crippen MR) is 141 cm³/mol. The zero-order valence-corrected chi connectivity index (χ0v) is 22.4. The molecule has 0 radical (unpaired) electrons. The monoisotopic (exact) mass is 528 g/mol. The van der Waals surface area contributed by atoms with Gasteiger partial charge in [-0.15, -0.1) is 11.8 Å². The number of halogens is 1. The van der Waals surface area contributed by atoms with Crippen LogP contribution in [0.25, 0.3) is 6.08 Å². The first-order valence-corrected chi connectivity index (χ1v) is 13.4. The molecule has 1 aliphatic heterocycles. The van der Waals surface area contributed by atoms with Crippen LogP contribution in [0.1, 0.15) is 37.9 Å². The molecule has 0 bridgehead atoms. The number of thiazole rings is 1. The number of nitrogens with zero attached hydrogens (tertiary/aromatic N) is 2. The third kappa shape index (κ3) is 5.10. The molecule has 1 aliphatic rings. The summed E-state index contributed by atoms with van der Waals surface area (Å²) in [6, 6.07) is 12.4. The fourth-order valence-electron chi connectivity index (χ4n) is 3.92. The van der Waals surface area contributed by atoms with Gasteiger partial charge in [0.2, 0.25) is 0 Å². The molecular formula is C26H25ClN2O4S2. The van der Waals surface area contributed by atoms with Crippen LogP contribution in [-0.4, -0.2) is 30.0 Å². The Balaban J connectivity index is 1.95. The van der Waals surface area contributed by atoms with Gasteiger partial charge in [-0.05, 0) is 69.0 Å². The fraction of sp³-hybridized carbons (Fsp3) is 0.269. The topological polar surface area (TPSA) is 69.9 Å². The molecule has 0 saturated carbocycles. The van der Waals surface area contributed by atoms with E-state index in [1.807, 2.05) is 30.5 Å². The van der Waals surface area contributed by atoms with E-state index >= 15 is 0 Å². The first-order valence-electron chi connectivity index (χ1n) is 10.9. The minimum Gasteiger partial charge on any atom is -0.496 e. The van der Waals surface area contributed by atoms with Crippen molar-refractivity contribution in [2.24, 2.45) is 4.99 Å². The predicted octanol–water partition coefficient (Wildman–Crippen LogP) is 4.57. The molecule has 2 aromatic carbocycles. The fourth-order valence-corrected chi connectivity index (χ4v) is 5.55. The molecule has 0 aliphatic carbocycles. The number of ether oxygens (including phenoxy) is 2. The van der Waals surface area contributed by atoms with E-state index in [1.165, 1.54) is 11.3 Å². The quantitative estimate of drug-likeness (QED) is 0.346. The van der Waals surface area contributed by atoms with E-state index < -0.39 is 12.0 Å². The second-order valence-corrected chi connectivity index (χ2v) is 10.5. The van der Waals surface area contributed by atoms with Crippen LogP contribution >= 0.6 is 34.7 Å². The zero-order valence-electron chi connectivity index (χ0n) is 20.0. The Hall–Kier alpha value is -2.81. The van der Waals surface area contributed by atoms with Gasteiger partial charge in [0.15, 0.2) is 4.80 Å². The number of benzene rings is 2. The average Bonchev–Trinajstić information content (AvgIpc) is 3.12. The summed E-state index contributed by atoms with van der Waals surface area (Å²) in [5.41, 5.74) is 2.12. The molecule has 0 unspecified atom stereocenters. The number of aromatic nitrogens is 1. The highest BCUT2D eigenvalue weighted by molar-refractivity contribution is 7.98. The summed E-state index contributed by atoms with van der Waals surface area (Å²) in [5, 5.41) is 0.533. The molecule has 0 N–H and O–H groups in total. The van der Waals surface area contributed by atoms with Gasteiger partial charge in [0.25, 0.3) is 5.56 Å². The van der Waals surface area contributed by atoms with Gasteiger partial charge in [-0.25, -0.2) is 9.79 Å². The van der Waals surface area contributed by atoms with E-state index in [-0.39, 0.29) is 11.7 Å². The Kier molecular flexibility index (Phi) is 7.54. The maximum absolute atomic E-state index is 13.7. The number of carbonyl (C=O) groups excluding carboxylic acids is 1. The minimum atomic E-state index is -0.656. The molecule has 6 nitrogen and oxygen atoms in total. The van der Waals surface area contributed by atoms with Crippen LogP contribution in [-0.2, 0) is 9.53 Å². The lowest BCUT2D eigenvalue weighted by atomic mass is 9.96. The molecule has 1 atom stereocenters. The van der Waals surface area contributed by atoms with E-state index in [1.54, 1.807) is 68.5 Å². The Morgan fingerprint density at radius 3 is 2.57 bits per heavy atom. The van der Waals surface area contributed by atoms with E-state index in [4.69, 9.17) is 21.1 Å². The standard InChI is InChI=1S/C26H25ClN2O4S2/c1-14(2)33-25(31)22-15(3)28-26-29(23(22)16-6-9-19(34-5)10-7-16)24(30)21(35-26)13-17-12-18(27)8-11-20(17)32-4/h6-14,23H,1-5H3/b21-13-/t23-/m1/s1. The molecular weight excluding hydrogens is 504 g/mol. The highest BCUT2D eigenvalue weighted by Gasteiger charge is 2.33. The van der Waals surface area contributed by atoms with Crippen LogP contribution in [0.3, 0.4) is 0 Å². The number of hydrogen-bond acceptors (Lipinski definition) is 7. The lowest BCUT2D eigenvalue weighted by Gasteiger charge is -2.25. The van der Waals surface area contributed by atoms with Gasteiger partial charge in [0, 0.05) is 15.5 Å². The number of methoxy groups -OCH3 is 1. The van der Waals surface area contributed by atoms with Crippen LogP contribution in [0.4, 0.5) is 0 Å². The van der Waals surface area contributed by atoms with Gasteiger partial charge < -0.3 is 9.47 Å². The van der Waals surface area contributed by atoms with Crippen molar-refractivity contribution in [1.82, 2.24) is 4.57 Å². The summed E-state index contributed by atoms with van der Waals surface area (Å²) >= 11 is 9.07. The smallest absolute Gasteiger partial charge is 0.338 e. The molecule has 0 fully saturated rings. The number of hydrogen-bond donors (Lipinski definition) is 0. The average molecular weight is 529 g/mol. The van der Waals surface area contributed by atoms with Gasteiger partial charge in [0.05, 0.1) is 35.1 Å². The van der Waals surface area contributed by atoms with E-state index in [0.717, 1.165) is 10.5 Å². The normalized spacial score (nSPS) is 15.7. The number of thioether (sulfide) groups is 1. The molecule has 0 spiro atoms. The highest BCUT2D eigenvalue weighted by atomic mass is 35.5. The Bertz CT molecular complexity index is 1490. The summed E-state index contributed by atoms with van der Waals surface area (Å²) in [6.07, 6.45) is 3.44. The first kappa shape index (κ1) is 25.3. The molecule has 3 aromatic rings. The Labute approximate surface area is 216 Å². The third-order valence-corrected chi connectivity index (χ3v) is 7.46. The maximum atomic E-state index is 13.7. The van der Waals surface area contributed by atoms with Crippen LogP contribution < -0.4 is 19.6 Å². The number of carbonyl (C=O) groups is 1. The molecule has 4 rings (SSSR count). The van der Waals surface area contributed by atoms with Crippen molar-refractivity contribution in [2.75, 3.05) is 13.4 Å². The van der Waals surface area contributed by atoms with Crippen LogP contribution in [0, 0.1) is 0 Å². The number of rotatable bonds is 6. The van der Waals surface area contributed by atoms with Gasteiger partial charge >= 0.3 is 5.97 Å². The Morgan fingerprint density at radius 1 is 1.23 bits per heavy atom.